The van der Waals surface area contributed by atoms with Crippen LogP contribution in [0.3, 0.4) is 0 Å². The Morgan fingerprint density at radius 3 is 2.33 bits per heavy atom. The fourth-order valence-electron chi connectivity index (χ4n) is 4.96. The predicted octanol–water partition coefficient (Wildman–Crippen LogP) is 6.51. The van der Waals surface area contributed by atoms with Gasteiger partial charge in [-0.1, -0.05) is 44.2 Å². The van der Waals surface area contributed by atoms with Crippen molar-refractivity contribution in [3.63, 3.8) is 0 Å². The van der Waals surface area contributed by atoms with Crippen molar-refractivity contribution < 1.29 is 9.90 Å². The molecule has 0 heterocycles. The van der Waals surface area contributed by atoms with Crippen LogP contribution in [0.2, 0.25) is 0 Å². The van der Waals surface area contributed by atoms with Crippen molar-refractivity contribution in [1.82, 2.24) is 0 Å². The van der Waals surface area contributed by atoms with Crippen LogP contribution in [-0.2, 0) is 6.42 Å². The molecule has 2 aromatic carbocycles. The number of carboxylic acids is 1. The molecule has 2 aliphatic carbocycles. The first-order valence-corrected chi connectivity index (χ1v) is 10.1. The number of fused-ring (bicyclic) bond motifs is 5. The van der Waals surface area contributed by atoms with E-state index in [9.17, 15) is 4.79 Å². The highest BCUT2D eigenvalue weighted by Crippen LogP contribution is 2.54. The second-order valence-electron chi connectivity index (χ2n) is 8.70. The number of rotatable bonds is 5. The van der Waals surface area contributed by atoms with E-state index in [0.29, 0.717) is 11.5 Å². The maximum Gasteiger partial charge on any atom is 0.335 e. The van der Waals surface area contributed by atoms with Crippen molar-refractivity contribution in [2.75, 3.05) is 0 Å². The lowest BCUT2D eigenvalue weighted by Gasteiger charge is -2.21. The van der Waals surface area contributed by atoms with Crippen LogP contribution in [0.25, 0.3) is 11.6 Å². The van der Waals surface area contributed by atoms with Crippen molar-refractivity contribution in [3.05, 3.63) is 69.8 Å². The van der Waals surface area contributed by atoms with Crippen LogP contribution >= 0.6 is 0 Å². The molecule has 0 aliphatic heterocycles. The van der Waals surface area contributed by atoms with E-state index in [1.165, 1.54) is 36.0 Å². The summed E-state index contributed by atoms with van der Waals surface area (Å²) in [7, 11) is 0. The van der Waals surface area contributed by atoms with Crippen molar-refractivity contribution in [2.24, 2.45) is 5.92 Å². The Hall–Kier alpha value is -2.35. The molecule has 2 atom stereocenters. The molecular weight excluding hydrogens is 332 g/mol. The van der Waals surface area contributed by atoms with Gasteiger partial charge in [0.2, 0.25) is 0 Å². The minimum absolute atomic E-state index is 0.332. The average molecular weight is 360 g/mol. The molecule has 2 heteroatoms. The summed E-state index contributed by atoms with van der Waals surface area (Å²) in [5.74, 6) is 1.30. The van der Waals surface area contributed by atoms with Crippen molar-refractivity contribution in [2.45, 2.75) is 58.3 Å². The van der Waals surface area contributed by atoms with Crippen molar-refractivity contribution >= 4 is 17.6 Å². The summed E-state index contributed by atoms with van der Waals surface area (Å²) in [5, 5.41) is 9.08. The van der Waals surface area contributed by atoms with Crippen molar-refractivity contribution in [3.8, 4) is 0 Å². The zero-order valence-corrected chi connectivity index (χ0v) is 16.5. The Kier molecular flexibility index (Phi) is 4.67. The molecule has 1 saturated carbocycles. The number of carboxylic acid groups (broad SMARTS) is 1. The second kappa shape index (κ2) is 6.99. The molecule has 0 saturated heterocycles. The van der Waals surface area contributed by atoms with Crippen LogP contribution in [0.4, 0.5) is 0 Å². The maximum atomic E-state index is 11.1. The lowest BCUT2D eigenvalue weighted by molar-refractivity contribution is 0.0697. The van der Waals surface area contributed by atoms with Crippen LogP contribution < -0.4 is 0 Å². The van der Waals surface area contributed by atoms with Gasteiger partial charge in [-0.2, -0.15) is 0 Å². The number of aromatic carboxylic acids is 1. The second-order valence-corrected chi connectivity index (χ2v) is 8.70. The van der Waals surface area contributed by atoms with Crippen LogP contribution in [0.15, 0.2) is 36.4 Å². The zero-order valence-electron chi connectivity index (χ0n) is 16.5. The minimum atomic E-state index is -0.879. The van der Waals surface area contributed by atoms with E-state index in [4.69, 9.17) is 5.11 Å². The Labute approximate surface area is 161 Å². The quantitative estimate of drug-likeness (QED) is 0.617. The third-order valence-electron chi connectivity index (χ3n) is 6.21. The molecule has 1 fully saturated rings. The molecule has 2 nitrogen and oxygen atoms in total. The Bertz CT molecular complexity index is 903. The smallest absolute Gasteiger partial charge is 0.335 e. The lowest BCUT2D eigenvalue weighted by Crippen LogP contribution is -2.05. The van der Waals surface area contributed by atoms with Gasteiger partial charge in [0.1, 0.15) is 0 Å². The summed E-state index contributed by atoms with van der Waals surface area (Å²) < 4.78 is 0. The normalized spacial score (nSPS) is 21.0. The molecule has 0 aromatic heterocycles. The minimum Gasteiger partial charge on any atom is -0.478 e. The fourth-order valence-corrected chi connectivity index (χ4v) is 4.96. The summed E-state index contributed by atoms with van der Waals surface area (Å²) >= 11 is 0. The van der Waals surface area contributed by atoms with Crippen LogP contribution in [0.1, 0.15) is 90.0 Å². The monoisotopic (exact) mass is 360 g/mol. The predicted molar refractivity (Wildman–Crippen MR) is 111 cm³/mol. The molecule has 1 N–H and O–H groups in total. The van der Waals surface area contributed by atoms with E-state index in [1.54, 1.807) is 23.3 Å². The number of benzene rings is 2. The SMILES string of the molecule is CC(=Cc1ccc(C(=O)O)cc1)c1cc2c(cc1CC(C)C)[C@@H]1CC[C@H]2C1. The van der Waals surface area contributed by atoms with Gasteiger partial charge in [-0.25, -0.2) is 4.79 Å². The van der Waals surface area contributed by atoms with E-state index in [2.05, 4.69) is 39.0 Å². The highest BCUT2D eigenvalue weighted by Gasteiger charge is 2.37. The molecule has 2 bridgehead atoms. The first-order chi connectivity index (χ1) is 12.9. The molecule has 140 valence electrons. The molecule has 2 aromatic rings. The first kappa shape index (κ1) is 18.0. The van der Waals surface area contributed by atoms with Gasteiger partial charge in [0.25, 0.3) is 0 Å². The van der Waals surface area contributed by atoms with E-state index in [1.807, 2.05) is 12.1 Å². The molecule has 0 amide bonds. The van der Waals surface area contributed by atoms with E-state index >= 15 is 0 Å². The Morgan fingerprint density at radius 1 is 1.11 bits per heavy atom. The molecule has 0 spiro atoms. The topological polar surface area (TPSA) is 37.3 Å². The number of hydrogen-bond acceptors (Lipinski definition) is 1. The van der Waals surface area contributed by atoms with Gasteiger partial charge < -0.3 is 5.11 Å². The molecule has 0 radical (unpaired) electrons. The van der Waals surface area contributed by atoms with Gasteiger partial charge in [-0.15, -0.1) is 0 Å². The summed E-state index contributed by atoms with van der Waals surface area (Å²) in [6.45, 7) is 6.75. The van der Waals surface area contributed by atoms with Gasteiger partial charge in [0.05, 0.1) is 5.56 Å². The Balaban J connectivity index is 1.72. The maximum absolute atomic E-state index is 11.1. The van der Waals surface area contributed by atoms with Crippen LogP contribution in [0.5, 0.6) is 0 Å². The summed E-state index contributed by atoms with van der Waals surface area (Å²) in [4.78, 5) is 11.1. The van der Waals surface area contributed by atoms with E-state index < -0.39 is 5.97 Å². The standard InChI is InChI=1S/C25H28O2/c1-15(2)10-21-13-23-19-8-9-20(12-19)24(23)14-22(21)16(3)11-17-4-6-18(7-5-17)25(26)27/h4-7,11,13-15,19-20H,8-10,12H2,1-3H3,(H,26,27)/t19-,20+/m1/s1. The highest BCUT2D eigenvalue weighted by molar-refractivity contribution is 5.88. The largest absolute Gasteiger partial charge is 0.478 e. The van der Waals surface area contributed by atoms with Crippen LogP contribution in [-0.4, -0.2) is 11.1 Å². The third kappa shape index (κ3) is 3.45. The van der Waals surface area contributed by atoms with Gasteiger partial charge in [-0.3, -0.25) is 0 Å². The molecule has 0 unspecified atom stereocenters. The van der Waals surface area contributed by atoms with Gasteiger partial charge in [-0.05, 0) is 95.9 Å². The average Bonchev–Trinajstić information content (AvgIpc) is 3.23. The van der Waals surface area contributed by atoms with E-state index in [-0.39, 0.29) is 0 Å². The summed E-state index contributed by atoms with van der Waals surface area (Å²) in [6, 6.07) is 12.1. The fraction of sp³-hybridized carbons (Fsp3) is 0.400. The molecule has 4 rings (SSSR count). The van der Waals surface area contributed by atoms with E-state index in [0.717, 1.165) is 23.8 Å². The van der Waals surface area contributed by atoms with Crippen LogP contribution in [0, 0.1) is 5.92 Å². The number of carbonyl (C=O) groups is 1. The summed E-state index contributed by atoms with van der Waals surface area (Å²) in [5.41, 5.74) is 8.68. The van der Waals surface area contributed by atoms with Gasteiger partial charge >= 0.3 is 5.97 Å². The lowest BCUT2D eigenvalue weighted by atomic mass is 9.84. The number of allylic oxidation sites excluding steroid dienone is 1. The Morgan fingerprint density at radius 2 is 1.74 bits per heavy atom. The molecule has 2 aliphatic rings. The third-order valence-corrected chi connectivity index (χ3v) is 6.21. The summed E-state index contributed by atoms with van der Waals surface area (Å²) in [6.07, 6.45) is 7.34. The zero-order chi connectivity index (χ0) is 19.1. The molecular formula is C25H28O2. The number of hydrogen-bond donors (Lipinski definition) is 1. The van der Waals surface area contributed by atoms with Gasteiger partial charge in [0, 0.05) is 0 Å². The molecule has 27 heavy (non-hydrogen) atoms. The van der Waals surface area contributed by atoms with Crippen molar-refractivity contribution in [1.29, 1.82) is 0 Å². The highest BCUT2D eigenvalue weighted by atomic mass is 16.4. The first-order valence-electron chi connectivity index (χ1n) is 10.1. The van der Waals surface area contributed by atoms with Gasteiger partial charge in [0.15, 0.2) is 0 Å².